The van der Waals surface area contributed by atoms with Crippen molar-refractivity contribution in [2.24, 2.45) is 34.5 Å². The third kappa shape index (κ3) is 1.79. The lowest BCUT2D eigenvalue weighted by molar-refractivity contribution is -0.152. The lowest BCUT2D eigenvalue weighted by atomic mass is 9.44. The molecular formula is C20H32O2. The van der Waals surface area contributed by atoms with Crippen LogP contribution in [0.15, 0.2) is 0 Å². The number of ketones is 1. The van der Waals surface area contributed by atoms with Gasteiger partial charge in [-0.3, -0.25) is 4.79 Å². The Morgan fingerprint density at radius 3 is 2.45 bits per heavy atom. The average Bonchev–Trinajstić information content (AvgIpc) is 2.70. The van der Waals surface area contributed by atoms with Crippen molar-refractivity contribution in [3.05, 3.63) is 0 Å². The summed E-state index contributed by atoms with van der Waals surface area (Å²) in [4.78, 5) is 11.9. The molecule has 0 spiro atoms. The highest BCUT2D eigenvalue weighted by Gasteiger charge is 2.63. The van der Waals surface area contributed by atoms with Gasteiger partial charge < -0.3 is 5.11 Å². The van der Waals surface area contributed by atoms with Gasteiger partial charge in [-0.2, -0.15) is 0 Å². The molecule has 0 aliphatic heterocycles. The predicted molar refractivity (Wildman–Crippen MR) is 87.4 cm³/mol. The molecule has 0 heterocycles. The molecular weight excluding hydrogens is 272 g/mol. The molecule has 7 atom stereocenters. The molecule has 2 nitrogen and oxygen atoms in total. The monoisotopic (exact) mass is 304 g/mol. The van der Waals surface area contributed by atoms with Crippen molar-refractivity contribution >= 4 is 5.78 Å². The van der Waals surface area contributed by atoms with Crippen LogP contribution >= 0.6 is 0 Å². The number of carbonyl (C=O) groups is 1. The molecule has 2 heteroatoms. The van der Waals surface area contributed by atoms with Gasteiger partial charge in [-0.25, -0.2) is 0 Å². The van der Waals surface area contributed by atoms with Crippen molar-refractivity contribution in [1.82, 2.24) is 0 Å². The zero-order valence-corrected chi connectivity index (χ0v) is 14.5. The molecule has 22 heavy (non-hydrogen) atoms. The summed E-state index contributed by atoms with van der Waals surface area (Å²) in [6.07, 6.45) is 9.98. The Balaban J connectivity index is 1.65. The van der Waals surface area contributed by atoms with Gasteiger partial charge in [0.05, 0.1) is 5.60 Å². The first kappa shape index (κ1) is 15.2. The minimum Gasteiger partial charge on any atom is -0.390 e. The van der Waals surface area contributed by atoms with Gasteiger partial charge in [-0.1, -0.05) is 13.8 Å². The number of Topliss-reactive ketones (excluding diaryl/α,β-unsaturated/α-hetero) is 1. The molecule has 4 aliphatic rings. The van der Waals surface area contributed by atoms with Crippen molar-refractivity contribution in [2.45, 2.75) is 84.2 Å². The highest BCUT2D eigenvalue weighted by Crippen LogP contribution is 2.67. The SMILES string of the molecule is CC1(O)CC[C@H]2[C@@H]3CCC4CC(=O)CC[C@]4(C)[C@@H]3CC[C@@]21C. The van der Waals surface area contributed by atoms with E-state index in [0.29, 0.717) is 23.0 Å². The maximum atomic E-state index is 11.9. The van der Waals surface area contributed by atoms with E-state index in [2.05, 4.69) is 20.8 Å². The summed E-state index contributed by atoms with van der Waals surface area (Å²) in [5.74, 6) is 3.44. The van der Waals surface area contributed by atoms with Crippen molar-refractivity contribution < 1.29 is 9.90 Å². The molecule has 0 aromatic rings. The molecule has 1 N–H and O–H groups in total. The Hall–Kier alpha value is -0.370. The molecule has 4 aliphatic carbocycles. The number of hydrogen-bond donors (Lipinski definition) is 1. The summed E-state index contributed by atoms with van der Waals surface area (Å²) in [5.41, 5.74) is 0.0530. The normalized spacial score (nSPS) is 57.9. The fourth-order valence-electron chi connectivity index (χ4n) is 7.29. The first-order valence-electron chi connectivity index (χ1n) is 9.52. The van der Waals surface area contributed by atoms with Gasteiger partial charge in [0.25, 0.3) is 0 Å². The van der Waals surface area contributed by atoms with Gasteiger partial charge in [0.15, 0.2) is 0 Å². The Labute approximate surface area is 135 Å². The first-order chi connectivity index (χ1) is 10.3. The van der Waals surface area contributed by atoms with Gasteiger partial charge in [0, 0.05) is 12.8 Å². The smallest absolute Gasteiger partial charge is 0.133 e. The second-order valence-electron chi connectivity index (χ2n) is 9.67. The van der Waals surface area contributed by atoms with E-state index in [-0.39, 0.29) is 5.41 Å². The van der Waals surface area contributed by atoms with Crippen LogP contribution in [0.5, 0.6) is 0 Å². The summed E-state index contributed by atoms with van der Waals surface area (Å²) >= 11 is 0. The standard InChI is InChI=1S/C20H32O2/c1-18-9-6-14(21)12-13(18)4-5-15-16(18)7-10-19(2)17(15)8-11-20(19,3)22/h13,15-17,22H,4-12H2,1-3H3/t13?,15-,16-,17+,18+,19+,20?/m1/s1. The van der Waals surface area contributed by atoms with E-state index in [9.17, 15) is 9.90 Å². The minimum atomic E-state index is -0.469. The Morgan fingerprint density at radius 2 is 1.68 bits per heavy atom. The summed E-state index contributed by atoms with van der Waals surface area (Å²) in [5, 5.41) is 10.9. The third-order valence-electron chi connectivity index (χ3n) is 9.04. The number of carbonyl (C=O) groups excluding carboxylic acids is 1. The topological polar surface area (TPSA) is 37.3 Å². The maximum Gasteiger partial charge on any atom is 0.133 e. The van der Waals surface area contributed by atoms with Gasteiger partial charge in [-0.15, -0.1) is 0 Å². The van der Waals surface area contributed by atoms with E-state index < -0.39 is 5.60 Å². The van der Waals surface area contributed by atoms with Crippen LogP contribution in [0.1, 0.15) is 78.6 Å². The zero-order chi connectivity index (χ0) is 15.8. The van der Waals surface area contributed by atoms with Crippen molar-refractivity contribution in [3.8, 4) is 0 Å². The second kappa shape index (κ2) is 4.59. The fraction of sp³-hybridized carbons (Fsp3) is 0.950. The average molecular weight is 304 g/mol. The highest BCUT2D eigenvalue weighted by atomic mass is 16.3. The van der Waals surface area contributed by atoms with E-state index in [1.807, 2.05) is 0 Å². The number of aliphatic hydroxyl groups is 1. The molecule has 0 amide bonds. The quantitative estimate of drug-likeness (QED) is 0.722. The fourth-order valence-corrected chi connectivity index (χ4v) is 7.29. The lowest BCUT2D eigenvalue weighted by Crippen LogP contribution is -2.55. The Kier molecular flexibility index (Phi) is 3.16. The van der Waals surface area contributed by atoms with Crippen LogP contribution in [0.3, 0.4) is 0 Å². The first-order valence-corrected chi connectivity index (χ1v) is 9.52. The van der Waals surface area contributed by atoms with Crippen LogP contribution in [0.25, 0.3) is 0 Å². The molecule has 4 rings (SSSR count). The van der Waals surface area contributed by atoms with E-state index in [1.165, 1.54) is 32.1 Å². The number of rotatable bonds is 0. The van der Waals surface area contributed by atoms with E-state index in [0.717, 1.165) is 37.5 Å². The molecule has 0 bridgehead atoms. The lowest BCUT2D eigenvalue weighted by Gasteiger charge is -2.60. The summed E-state index contributed by atoms with van der Waals surface area (Å²) in [6.45, 7) is 6.94. The molecule has 0 saturated heterocycles. The predicted octanol–water partition coefficient (Wildman–Crippen LogP) is 4.35. The third-order valence-corrected chi connectivity index (χ3v) is 9.04. The van der Waals surface area contributed by atoms with Crippen LogP contribution < -0.4 is 0 Å². The second-order valence-corrected chi connectivity index (χ2v) is 9.67. The van der Waals surface area contributed by atoms with Crippen LogP contribution in [0, 0.1) is 34.5 Å². The Bertz CT molecular complexity index is 496. The largest absolute Gasteiger partial charge is 0.390 e. The van der Waals surface area contributed by atoms with E-state index in [4.69, 9.17) is 0 Å². The van der Waals surface area contributed by atoms with Crippen LogP contribution in [-0.2, 0) is 4.79 Å². The molecule has 124 valence electrons. The molecule has 2 unspecified atom stereocenters. The van der Waals surface area contributed by atoms with Crippen molar-refractivity contribution in [3.63, 3.8) is 0 Å². The van der Waals surface area contributed by atoms with Gasteiger partial charge in [-0.05, 0) is 86.4 Å². The van der Waals surface area contributed by atoms with Crippen molar-refractivity contribution in [1.29, 1.82) is 0 Å². The highest BCUT2D eigenvalue weighted by molar-refractivity contribution is 5.79. The molecule has 4 saturated carbocycles. The van der Waals surface area contributed by atoms with Crippen LogP contribution in [0.2, 0.25) is 0 Å². The van der Waals surface area contributed by atoms with Gasteiger partial charge in [0.2, 0.25) is 0 Å². The van der Waals surface area contributed by atoms with Crippen molar-refractivity contribution in [2.75, 3.05) is 0 Å². The zero-order valence-electron chi connectivity index (χ0n) is 14.5. The van der Waals surface area contributed by atoms with E-state index >= 15 is 0 Å². The summed E-state index contributed by atoms with van der Waals surface area (Å²) in [6, 6.07) is 0. The maximum absolute atomic E-state index is 11.9. The van der Waals surface area contributed by atoms with Gasteiger partial charge in [0.1, 0.15) is 5.78 Å². The molecule has 0 aromatic carbocycles. The van der Waals surface area contributed by atoms with Crippen LogP contribution in [0.4, 0.5) is 0 Å². The molecule has 0 radical (unpaired) electrons. The van der Waals surface area contributed by atoms with E-state index in [1.54, 1.807) is 0 Å². The number of fused-ring (bicyclic) bond motifs is 5. The van der Waals surface area contributed by atoms with Gasteiger partial charge >= 0.3 is 0 Å². The molecule has 0 aromatic heterocycles. The Morgan fingerprint density at radius 1 is 0.955 bits per heavy atom. The van der Waals surface area contributed by atoms with Crippen LogP contribution in [-0.4, -0.2) is 16.5 Å². The minimum absolute atomic E-state index is 0.127. The summed E-state index contributed by atoms with van der Waals surface area (Å²) < 4.78 is 0. The summed E-state index contributed by atoms with van der Waals surface area (Å²) in [7, 11) is 0. The molecule has 4 fully saturated rings. The number of hydrogen-bond acceptors (Lipinski definition) is 2.